The van der Waals surface area contributed by atoms with Gasteiger partial charge in [-0.25, -0.2) is 9.98 Å². The standard InChI is InChI=1S/C26H39N7O5/c1-6-9-11-32(12-10-7-2)15-28-22-19-23(30-26(29-22)31-24(36)17(4)5)33(16-27-19)25-21(37-13-8-3)20(35)18(14-34)38-25/h3,15-18,20-21,25,34-35H,6-7,9-14H2,1-2,4-5H3,(H,29,30,31,36)/b28-15+/t18-,20-,21-,25-/m1/s1. The smallest absolute Gasteiger partial charge is 0.233 e. The first-order chi connectivity index (χ1) is 18.3. The zero-order valence-electron chi connectivity index (χ0n) is 22.6. The summed E-state index contributed by atoms with van der Waals surface area (Å²) in [6.45, 7) is 9.09. The molecule has 0 unspecified atom stereocenters. The van der Waals surface area contributed by atoms with E-state index in [2.05, 4.69) is 49.9 Å². The molecule has 1 amide bonds. The van der Waals surface area contributed by atoms with Crippen molar-refractivity contribution in [3.05, 3.63) is 6.33 Å². The Balaban J connectivity index is 2.06. The molecule has 38 heavy (non-hydrogen) atoms. The van der Waals surface area contributed by atoms with E-state index in [1.807, 2.05) is 0 Å². The average Bonchev–Trinajstić information content (AvgIpc) is 3.46. The maximum absolute atomic E-state index is 12.5. The van der Waals surface area contributed by atoms with E-state index in [9.17, 15) is 15.0 Å². The largest absolute Gasteiger partial charge is 0.394 e. The number of aliphatic hydroxyl groups excluding tert-OH is 2. The van der Waals surface area contributed by atoms with Gasteiger partial charge in [-0.1, -0.05) is 46.5 Å². The summed E-state index contributed by atoms with van der Waals surface area (Å²) in [7, 11) is 0. The first kappa shape index (κ1) is 29.4. The summed E-state index contributed by atoms with van der Waals surface area (Å²) in [6, 6.07) is 0. The molecule has 1 saturated heterocycles. The van der Waals surface area contributed by atoms with Crippen LogP contribution in [-0.2, 0) is 14.3 Å². The monoisotopic (exact) mass is 529 g/mol. The third kappa shape index (κ3) is 7.05. The van der Waals surface area contributed by atoms with Crippen LogP contribution in [0.4, 0.5) is 11.8 Å². The first-order valence-electron chi connectivity index (χ1n) is 13.2. The number of amides is 1. The third-order valence-corrected chi connectivity index (χ3v) is 6.23. The number of carbonyl (C=O) groups is 1. The fourth-order valence-electron chi connectivity index (χ4n) is 3.99. The number of ether oxygens (including phenoxy) is 2. The molecule has 0 aliphatic carbocycles. The van der Waals surface area contributed by atoms with Gasteiger partial charge in [-0.05, 0) is 12.8 Å². The number of fused-ring (bicyclic) bond motifs is 1. The molecule has 2 aromatic rings. The molecular formula is C26H39N7O5. The van der Waals surface area contributed by atoms with E-state index in [1.54, 1.807) is 24.8 Å². The highest BCUT2D eigenvalue weighted by molar-refractivity contribution is 5.92. The second-order valence-electron chi connectivity index (χ2n) is 9.54. The summed E-state index contributed by atoms with van der Waals surface area (Å²) in [5.41, 5.74) is 0.709. The van der Waals surface area contributed by atoms with Crippen molar-refractivity contribution in [1.29, 1.82) is 0 Å². The van der Waals surface area contributed by atoms with Gasteiger partial charge >= 0.3 is 0 Å². The van der Waals surface area contributed by atoms with Crippen LogP contribution in [0.3, 0.4) is 0 Å². The van der Waals surface area contributed by atoms with Crippen molar-refractivity contribution in [2.75, 3.05) is 31.6 Å². The van der Waals surface area contributed by atoms with Gasteiger partial charge in [0, 0.05) is 19.0 Å². The average molecular weight is 530 g/mol. The predicted octanol–water partition coefficient (Wildman–Crippen LogP) is 2.25. The minimum Gasteiger partial charge on any atom is -0.394 e. The van der Waals surface area contributed by atoms with Crippen LogP contribution < -0.4 is 5.32 Å². The number of nitrogens with zero attached hydrogens (tertiary/aromatic N) is 6. The van der Waals surface area contributed by atoms with E-state index in [0.717, 1.165) is 38.8 Å². The Morgan fingerprint density at radius 1 is 1.34 bits per heavy atom. The van der Waals surface area contributed by atoms with E-state index >= 15 is 0 Å². The van der Waals surface area contributed by atoms with Crippen molar-refractivity contribution in [3.8, 4) is 12.3 Å². The molecule has 0 spiro atoms. The predicted molar refractivity (Wildman–Crippen MR) is 144 cm³/mol. The van der Waals surface area contributed by atoms with Crippen molar-refractivity contribution in [3.63, 3.8) is 0 Å². The molecule has 3 heterocycles. The third-order valence-electron chi connectivity index (χ3n) is 6.23. The number of unbranched alkanes of at least 4 members (excludes halogenated alkanes) is 2. The van der Waals surface area contributed by atoms with E-state index in [-0.39, 0.29) is 30.2 Å². The van der Waals surface area contributed by atoms with Gasteiger partial charge in [0.25, 0.3) is 0 Å². The molecule has 0 aromatic carbocycles. The maximum Gasteiger partial charge on any atom is 0.233 e. The van der Waals surface area contributed by atoms with Crippen LogP contribution in [0.2, 0.25) is 0 Å². The second kappa shape index (κ2) is 14.2. The molecule has 1 aliphatic heterocycles. The van der Waals surface area contributed by atoms with Gasteiger partial charge in [0.15, 0.2) is 23.2 Å². The lowest BCUT2D eigenvalue weighted by Crippen LogP contribution is -2.35. The highest BCUT2D eigenvalue weighted by Gasteiger charge is 2.46. The number of anilines is 1. The van der Waals surface area contributed by atoms with Gasteiger partial charge in [0.1, 0.15) is 24.9 Å². The Bertz CT molecular complexity index is 1120. The van der Waals surface area contributed by atoms with Crippen molar-refractivity contribution in [1.82, 2.24) is 24.4 Å². The Morgan fingerprint density at radius 3 is 2.66 bits per heavy atom. The molecule has 1 fully saturated rings. The molecule has 208 valence electrons. The molecule has 12 heteroatoms. The van der Waals surface area contributed by atoms with Crippen LogP contribution >= 0.6 is 0 Å². The number of hydrogen-bond acceptors (Lipinski definition) is 9. The summed E-state index contributed by atoms with van der Waals surface area (Å²) in [6.07, 6.45) is 9.03. The summed E-state index contributed by atoms with van der Waals surface area (Å²) in [4.78, 5) is 32.7. The number of nitrogens with one attached hydrogen (secondary N) is 1. The van der Waals surface area contributed by atoms with Crippen molar-refractivity contribution in [2.24, 2.45) is 10.9 Å². The van der Waals surface area contributed by atoms with Gasteiger partial charge in [-0.15, -0.1) is 6.42 Å². The molecule has 2 aromatic heterocycles. The van der Waals surface area contributed by atoms with Crippen LogP contribution in [0.25, 0.3) is 11.2 Å². The topological polar surface area (TPSA) is 147 Å². The van der Waals surface area contributed by atoms with Crippen LogP contribution in [-0.4, -0.2) is 91.5 Å². The number of aliphatic hydroxyl groups is 2. The van der Waals surface area contributed by atoms with Crippen LogP contribution in [0.15, 0.2) is 11.3 Å². The SMILES string of the molecule is C#CCO[C@@H]1[C@H](O)[C@@H](CO)O[C@H]1n1cnc2c(/N=C/N(CCCC)CCCC)nc(NC(=O)C(C)C)nc21. The molecular weight excluding hydrogens is 490 g/mol. The van der Waals surface area contributed by atoms with E-state index in [1.165, 1.54) is 6.33 Å². The van der Waals surface area contributed by atoms with Gasteiger partial charge < -0.3 is 24.6 Å². The first-order valence-corrected chi connectivity index (χ1v) is 13.2. The lowest BCUT2D eigenvalue weighted by molar-refractivity contribution is -0.118. The summed E-state index contributed by atoms with van der Waals surface area (Å²) >= 11 is 0. The number of hydrogen-bond donors (Lipinski definition) is 3. The van der Waals surface area contributed by atoms with Gasteiger partial charge in [-0.2, -0.15) is 9.97 Å². The van der Waals surface area contributed by atoms with E-state index in [4.69, 9.17) is 15.9 Å². The second-order valence-corrected chi connectivity index (χ2v) is 9.54. The molecule has 4 atom stereocenters. The van der Waals surface area contributed by atoms with Crippen molar-refractivity contribution in [2.45, 2.75) is 77.9 Å². The minimum absolute atomic E-state index is 0.0576. The molecule has 0 saturated carbocycles. The Morgan fingerprint density at radius 2 is 2.05 bits per heavy atom. The number of terminal acetylenes is 1. The summed E-state index contributed by atoms with van der Waals surface area (Å²) in [5.74, 6) is 2.20. The highest BCUT2D eigenvalue weighted by Crippen LogP contribution is 2.35. The number of rotatable bonds is 14. The normalized spacial score (nSPS) is 21.4. The molecule has 0 radical (unpaired) electrons. The van der Waals surface area contributed by atoms with Crippen LogP contribution in [0, 0.1) is 18.3 Å². The quantitative estimate of drug-likeness (QED) is 0.190. The van der Waals surface area contributed by atoms with Gasteiger partial charge in [0.05, 0.1) is 19.3 Å². The number of carbonyl (C=O) groups excluding carboxylic acids is 1. The Kier molecular flexibility index (Phi) is 11.0. The zero-order valence-corrected chi connectivity index (χ0v) is 22.6. The van der Waals surface area contributed by atoms with Gasteiger partial charge in [-0.3, -0.25) is 14.7 Å². The molecule has 3 rings (SSSR count). The Labute approximate surface area is 223 Å². The number of imidazole rings is 1. The van der Waals surface area contributed by atoms with Gasteiger partial charge in [0.2, 0.25) is 11.9 Å². The van der Waals surface area contributed by atoms with Crippen LogP contribution in [0.1, 0.15) is 59.6 Å². The highest BCUT2D eigenvalue weighted by atomic mass is 16.6. The van der Waals surface area contributed by atoms with Crippen molar-refractivity contribution >= 4 is 35.2 Å². The minimum atomic E-state index is -1.12. The fraction of sp³-hybridized carbons (Fsp3) is 0.654. The lowest BCUT2D eigenvalue weighted by Gasteiger charge is -2.21. The molecule has 12 nitrogen and oxygen atoms in total. The summed E-state index contributed by atoms with van der Waals surface area (Å²) in [5, 5.41) is 23.1. The number of aromatic nitrogens is 4. The molecule has 3 N–H and O–H groups in total. The van der Waals surface area contributed by atoms with Crippen molar-refractivity contribution < 1.29 is 24.5 Å². The van der Waals surface area contributed by atoms with E-state index < -0.39 is 31.1 Å². The van der Waals surface area contributed by atoms with Crippen LogP contribution in [0.5, 0.6) is 0 Å². The summed E-state index contributed by atoms with van der Waals surface area (Å²) < 4.78 is 13.2. The lowest BCUT2D eigenvalue weighted by atomic mass is 10.1. The van der Waals surface area contributed by atoms with E-state index in [0.29, 0.717) is 11.2 Å². The molecule has 1 aliphatic rings. The fourth-order valence-corrected chi connectivity index (χ4v) is 3.99. The Hall–Kier alpha value is -3.11. The molecule has 0 bridgehead atoms. The number of aliphatic imine (C=N–C) groups is 1. The zero-order chi connectivity index (χ0) is 27.7. The maximum atomic E-state index is 12.5.